The Labute approximate surface area is 223 Å². The Kier molecular flexibility index (Phi) is 10.3. The molecule has 38 heavy (non-hydrogen) atoms. The molecule has 2 aromatic carbocycles. The molecular formula is C29H35N3O6. The van der Waals surface area contributed by atoms with E-state index in [1.165, 1.54) is 12.7 Å². The van der Waals surface area contributed by atoms with Crippen LogP contribution in [0.25, 0.3) is 0 Å². The van der Waals surface area contributed by atoms with Crippen molar-refractivity contribution in [2.75, 3.05) is 38.7 Å². The first-order chi connectivity index (χ1) is 18.1. The van der Waals surface area contributed by atoms with Gasteiger partial charge in [-0.05, 0) is 62.7 Å². The predicted octanol–water partition coefficient (Wildman–Crippen LogP) is 3.31. The summed E-state index contributed by atoms with van der Waals surface area (Å²) in [5.74, 6) is 5.07. The Morgan fingerprint density at radius 2 is 1.55 bits per heavy atom. The number of methoxy groups -OCH3 is 1. The van der Waals surface area contributed by atoms with Crippen molar-refractivity contribution in [1.29, 1.82) is 0 Å². The topological polar surface area (TPSA) is 106 Å². The number of nitrogens with zero attached hydrogens (tertiary/aromatic N) is 1. The average molecular weight is 522 g/mol. The summed E-state index contributed by atoms with van der Waals surface area (Å²) in [6, 6.07) is 14.0. The number of rotatable bonds is 7. The van der Waals surface area contributed by atoms with Gasteiger partial charge in [-0.2, -0.15) is 0 Å². The second-order valence-electron chi connectivity index (χ2n) is 9.88. The van der Waals surface area contributed by atoms with Crippen LogP contribution in [0.1, 0.15) is 43.9 Å². The first-order valence-corrected chi connectivity index (χ1v) is 12.5. The fourth-order valence-electron chi connectivity index (χ4n) is 3.63. The Balaban J connectivity index is 1.58. The molecule has 0 spiro atoms. The van der Waals surface area contributed by atoms with E-state index in [1.54, 1.807) is 45.0 Å². The zero-order valence-corrected chi connectivity index (χ0v) is 22.3. The molecule has 2 N–H and O–H groups in total. The van der Waals surface area contributed by atoms with Crippen molar-refractivity contribution in [2.45, 2.75) is 45.4 Å². The zero-order chi connectivity index (χ0) is 27.5. The molecule has 1 aliphatic heterocycles. The second kappa shape index (κ2) is 13.6. The monoisotopic (exact) mass is 521 g/mol. The van der Waals surface area contributed by atoms with Crippen LogP contribution in [0.4, 0.5) is 10.5 Å². The van der Waals surface area contributed by atoms with Crippen molar-refractivity contribution in [3.63, 3.8) is 0 Å². The van der Waals surface area contributed by atoms with Gasteiger partial charge in [0.1, 0.15) is 11.6 Å². The van der Waals surface area contributed by atoms with Crippen molar-refractivity contribution in [3.05, 3.63) is 65.2 Å². The van der Waals surface area contributed by atoms with Gasteiger partial charge in [0.25, 0.3) is 0 Å². The number of hydrogen-bond acceptors (Lipinski definition) is 7. The van der Waals surface area contributed by atoms with Gasteiger partial charge in [-0.15, -0.1) is 0 Å². The van der Waals surface area contributed by atoms with Gasteiger partial charge in [0, 0.05) is 36.4 Å². The third-order valence-corrected chi connectivity index (χ3v) is 5.57. The molecule has 202 valence electrons. The van der Waals surface area contributed by atoms with Crippen LogP contribution in [0.5, 0.6) is 0 Å². The molecule has 1 saturated heterocycles. The molecule has 2 amide bonds. The van der Waals surface area contributed by atoms with E-state index < -0.39 is 29.6 Å². The highest BCUT2D eigenvalue weighted by atomic mass is 16.6. The lowest BCUT2D eigenvalue weighted by atomic mass is 10.1. The Morgan fingerprint density at radius 3 is 2.11 bits per heavy atom. The molecule has 1 atom stereocenters. The normalized spacial score (nSPS) is 14.4. The molecule has 0 bridgehead atoms. The summed E-state index contributed by atoms with van der Waals surface area (Å²) in [7, 11) is 1.21. The number of esters is 1. The van der Waals surface area contributed by atoms with E-state index in [1.807, 2.05) is 12.1 Å². The van der Waals surface area contributed by atoms with E-state index in [0.29, 0.717) is 5.69 Å². The lowest BCUT2D eigenvalue weighted by Gasteiger charge is -2.26. The summed E-state index contributed by atoms with van der Waals surface area (Å²) in [5.41, 5.74) is 2.67. The van der Waals surface area contributed by atoms with Gasteiger partial charge in [-0.1, -0.05) is 24.0 Å². The number of amides is 2. The molecule has 2 aromatic rings. The van der Waals surface area contributed by atoms with E-state index in [2.05, 4.69) is 44.2 Å². The van der Waals surface area contributed by atoms with E-state index >= 15 is 0 Å². The summed E-state index contributed by atoms with van der Waals surface area (Å²) < 4.78 is 15.2. The van der Waals surface area contributed by atoms with Crippen LogP contribution in [-0.4, -0.2) is 67.9 Å². The lowest BCUT2D eigenvalue weighted by Crippen LogP contribution is -2.47. The highest BCUT2D eigenvalue weighted by Gasteiger charge is 2.27. The quantitative estimate of drug-likeness (QED) is 0.425. The molecule has 1 aliphatic rings. The summed E-state index contributed by atoms with van der Waals surface area (Å²) in [6.07, 6.45) is -1.14. The average Bonchev–Trinajstić information content (AvgIpc) is 2.88. The largest absolute Gasteiger partial charge is 0.469 e. The molecule has 1 unspecified atom stereocenters. The molecule has 1 heterocycles. The van der Waals surface area contributed by atoms with Gasteiger partial charge in [0.2, 0.25) is 5.91 Å². The maximum atomic E-state index is 12.8. The van der Waals surface area contributed by atoms with Crippen molar-refractivity contribution < 1.29 is 28.6 Å². The summed E-state index contributed by atoms with van der Waals surface area (Å²) in [4.78, 5) is 39.1. The van der Waals surface area contributed by atoms with Crippen molar-refractivity contribution in [3.8, 4) is 11.8 Å². The maximum Gasteiger partial charge on any atom is 0.408 e. The number of benzene rings is 2. The number of hydrogen-bond donors (Lipinski definition) is 2. The fourth-order valence-corrected chi connectivity index (χ4v) is 3.63. The number of nitrogens with one attached hydrogen (secondary N) is 2. The second-order valence-corrected chi connectivity index (χ2v) is 9.88. The minimum Gasteiger partial charge on any atom is -0.469 e. The van der Waals surface area contributed by atoms with Gasteiger partial charge in [-0.25, -0.2) is 4.79 Å². The third kappa shape index (κ3) is 9.88. The zero-order valence-electron chi connectivity index (χ0n) is 22.3. The molecule has 0 radical (unpaired) electrons. The van der Waals surface area contributed by atoms with Gasteiger partial charge in [0.05, 0.1) is 26.7 Å². The molecule has 1 fully saturated rings. The summed E-state index contributed by atoms with van der Waals surface area (Å²) in [6.45, 7) is 9.47. The van der Waals surface area contributed by atoms with Crippen molar-refractivity contribution >= 4 is 23.7 Å². The third-order valence-electron chi connectivity index (χ3n) is 5.57. The first kappa shape index (κ1) is 28.7. The summed E-state index contributed by atoms with van der Waals surface area (Å²) in [5, 5.41) is 5.13. The minimum atomic E-state index is -1.16. The van der Waals surface area contributed by atoms with Crippen LogP contribution in [-0.2, 0) is 30.3 Å². The van der Waals surface area contributed by atoms with Gasteiger partial charge in [-0.3, -0.25) is 14.5 Å². The number of morpholine rings is 1. The Morgan fingerprint density at radius 1 is 0.974 bits per heavy atom. The first-order valence-electron chi connectivity index (χ1n) is 12.5. The van der Waals surface area contributed by atoms with Crippen LogP contribution < -0.4 is 10.6 Å². The van der Waals surface area contributed by atoms with E-state index in [0.717, 1.165) is 44.0 Å². The SMILES string of the molecule is COC(=O)CC(NC(=O)OC(C)(C)C)C(=O)Nc1ccc(C#Cc2ccc(CN3CCOCC3)cc2)cc1. The maximum absolute atomic E-state index is 12.8. The van der Waals surface area contributed by atoms with Crippen molar-refractivity contribution in [2.24, 2.45) is 0 Å². The number of alkyl carbamates (subject to hydrolysis) is 1. The molecular weight excluding hydrogens is 486 g/mol. The number of anilines is 1. The van der Waals surface area contributed by atoms with Crippen LogP contribution in [0.3, 0.4) is 0 Å². The van der Waals surface area contributed by atoms with Crippen LogP contribution in [0.15, 0.2) is 48.5 Å². The lowest BCUT2D eigenvalue weighted by molar-refractivity contribution is -0.142. The van der Waals surface area contributed by atoms with Crippen LogP contribution in [0, 0.1) is 11.8 Å². The molecule has 0 aliphatic carbocycles. The molecule has 0 saturated carbocycles. The molecule has 3 rings (SSSR count). The van der Waals surface area contributed by atoms with Gasteiger partial charge in [0.15, 0.2) is 0 Å². The van der Waals surface area contributed by atoms with E-state index in [-0.39, 0.29) is 6.42 Å². The smallest absolute Gasteiger partial charge is 0.408 e. The molecule has 0 aromatic heterocycles. The Hall–Kier alpha value is -3.87. The highest BCUT2D eigenvalue weighted by Crippen LogP contribution is 2.13. The van der Waals surface area contributed by atoms with E-state index in [4.69, 9.17) is 9.47 Å². The van der Waals surface area contributed by atoms with Gasteiger partial charge >= 0.3 is 12.1 Å². The Bertz CT molecular complexity index is 1150. The van der Waals surface area contributed by atoms with Crippen LogP contribution in [0.2, 0.25) is 0 Å². The molecule has 9 heteroatoms. The number of carbonyl (C=O) groups excluding carboxylic acids is 3. The molecule has 9 nitrogen and oxygen atoms in total. The number of ether oxygens (including phenoxy) is 3. The minimum absolute atomic E-state index is 0.337. The van der Waals surface area contributed by atoms with Crippen molar-refractivity contribution in [1.82, 2.24) is 10.2 Å². The predicted molar refractivity (Wildman–Crippen MR) is 143 cm³/mol. The number of carbonyl (C=O) groups is 3. The van der Waals surface area contributed by atoms with E-state index in [9.17, 15) is 14.4 Å². The fraction of sp³-hybridized carbons (Fsp3) is 0.414. The summed E-state index contributed by atoms with van der Waals surface area (Å²) >= 11 is 0. The van der Waals surface area contributed by atoms with Crippen LogP contribution >= 0.6 is 0 Å². The standard InChI is InChI=1S/C29H35N3O6/c1-29(2,3)38-28(35)31-25(19-26(33)36-4)27(34)30-24-13-11-22(12-14-24)6-5-21-7-9-23(10-8-21)20-32-15-17-37-18-16-32/h7-14,25H,15-20H2,1-4H3,(H,30,34)(H,31,35). The van der Waals surface area contributed by atoms with Gasteiger partial charge < -0.3 is 24.8 Å². The highest BCUT2D eigenvalue weighted by molar-refractivity contribution is 5.98.